The molecule has 0 bridgehead atoms. The molecule has 31 heavy (non-hydrogen) atoms. The predicted molar refractivity (Wildman–Crippen MR) is 112 cm³/mol. The maximum atomic E-state index is 11.4. The molecule has 1 fully saturated rings. The van der Waals surface area contributed by atoms with Crippen LogP contribution in [0.3, 0.4) is 0 Å². The lowest BCUT2D eigenvalue weighted by molar-refractivity contribution is 0.113. The number of H-pyrrole nitrogens is 2. The molecule has 162 valence electrons. The Morgan fingerprint density at radius 1 is 1.23 bits per heavy atom. The number of fused-ring (bicyclic) bond motifs is 2. The van der Waals surface area contributed by atoms with E-state index in [4.69, 9.17) is 4.74 Å². The van der Waals surface area contributed by atoms with Gasteiger partial charge in [0.05, 0.1) is 12.1 Å². The molecule has 1 aliphatic carbocycles. The first-order valence-corrected chi connectivity index (χ1v) is 11.0. The minimum atomic E-state index is -4.42. The van der Waals surface area contributed by atoms with Crippen LogP contribution in [0.2, 0.25) is 0 Å². The second-order valence-corrected chi connectivity index (χ2v) is 9.02. The monoisotopic (exact) mass is 444 g/mol. The number of aromatic nitrogens is 5. The maximum absolute atomic E-state index is 11.4. The van der Waals surface area contributed by atoms with Crippen LogP contribution in [-0.4, -0.2) is 72.6 Å². The molecule has 3 atom stereocenters. The summed E-state index contributed by atoms with van der Waals surface area (Å²) in [5.41, 5.74) is 2.79. The van der Waals surface area contributed by atoms with E-state index in [9.17, 15) is 18.1 Å². The zero-order valence-corrected chi connectivity index (χ0v) is 17.2. The fourth-order valence-corrected chi connectivity index (χ4v) is 4.63. The average molecular weight is 444 g/mol. The molecule has 12 heteroatoms. The van der Waals surface area contributed by atoms with Crippen LogP contribution in [0.5, 0.6) is 5.88 Å². The van der Waals surface area contributed by atoms with Crippen LogP contribution >= 0.6 is 0 Å². The van der Waals surface area contributed by atoms with Crippen LogP contribution in [0, 0.1) is 0 Å². The second-order valence-electron chi connectivity index (χ2n) is 7.55. The van der Waals surface area contributed by atoms with Gasteiger partial charge in [-0.25, -0.2) is 9.97 Å². The summed E-state index contributed by atoms with van der Waals surface area (Å²) >= 11 is 0. The van der Waals surface area contributed by atoms with E-state index in [2.05, 4.69) is 24.9 Å². The number of nitrogens with zero attached hydrogens (tertiary/aromatic N) is 4. The Hall–Kier alpha value is -3.06. The molecule has 3 aromatic heterocycles. The van der Waals surface area contributed by atoms with Crippen molar-refractivity contribution >= 4 is 32.4 Å². The third kappa shape index (κ3) is 3.53. The highest BCUT2D eigenvalue weighted by Crippen LogP contribution is 2.32. The number of aliphatic hydroxyl groups is 1. The van der Waals surface area contributed by atoms with Gasteiger partial charge in [-0.05, 0) is 6.07 Å². The summed E-state index contributed by atoms with van der Waals surface area (Å²) in [4.78, 5) is 19.4. The third-order valence-corrected chi connectivity index (χ3v) is 6.66. The molecule has 11 nitrogen and oxygen atoms in total. The Balaban J connectivity index is 1.44. The molecule has 0 saturated heterocycles. The van der Waals surface area contributed by atoms with Gasteiger partial charge in [0.15, 0.2) is 5.65 Å². The van der Waals surface area contributed by atoms with Crippen LogP contribution in [-0.2, 0) is 10.3 Å². The van der Waals surface area contributed by atoms with E-state index in [1.54, 1.807) is 0 Å². The highest BCUT2D eigenvalue weighted by atomic mass is 32.2. The van der Waals surface area contributed by atoms with E-state index in [-0.39, 0.29) is 18.7 Å². The van der Waals surface area contributed by atoms with Crippen molar-refractivity contribution in [3.63, 3.8) is 0 Å². The molecule has 0 amide bonds. The van der Waals surface area contributed by atoms with Gasteiger partial charge in [0.1, 0.15) is 23.8 Å². The molecular formula is C19H20N6O5S. The standard InChI is InChI=1S/C19H20N6O5S/c1-25(31(27,28)29)14-6-10(7-15(14)26)30-19-16-18(21-9-22-19)24-17(23-16)12-8-20-13-5-3-2-4-11(12)13/h2-5,8-10,14-15,20,26H,6-7H2,1H3,(H,27,28,29)(H,21,22,23,24)/t10-,14+,15+/m1/s1. The fourth-order valence-electron chi connectivity index (χ4n) is 4.06. The molecule has 1 aromatic carbocycles. The lowest BCUT2D eigenvalue weighted by atomic mass is 10.2. The van der Waals surface area contributed by atoms with E-state index in [0.29, 0.717) is 17.0 Å². The molecule has 0 radical (unpaired) electrons. The van der Waals surface area contributed by atoms with Gasteiger partial charge in [-0.15, -0.1) is 0 Å². The molecule has 4 N–H and O–H groups in total. The van der Waals surface area contributed by atoms with Crippen molar-refractivity contribution in [1.29, 1.82) is 0 Å². The number of para-hydroxylation sites is 1. The van der Waals surface area contributed by atoms with Crippen molar-refractivity contribution in [3.8, 4) is 17.3 Å². The third-order valence-electron chi connectivity index (χ3n) is 5.66. The van der Waals surface area contributed by atoms with Crippen molar-refractivity contribution in [2.24, 2.45) is 0 Å². The first-order valence-electron chi connectivity index (χ1n) is 9.63. The number of aromatic amines is 2. The summed E-state index contributed by atoms with van der Waals surface area (Å²) in [6.45, 7) is 0. The number of hydrogen-bond acceptors (Lipinski definition) is 7. The zero-order chi connectivity index (χ0) is 21.8. The Bertz CT molecular complexity index is 1370. The van der Waals surface area contributed by atoms with Crippen LogP contribution in [0.15, 0.2) is 36.8 Å². The van der Waals surface area contributed by atoms with Gasteiger partial charge in [-0.3, -0.25) is 4.55 Å². The summed E-state index contributed by atoms with van der Waals surface area (Å²) < 4.78 is 38.8. The van der Waals surface area contributed by atoms with Gasteiger partial charge in [-0.1, -0.05) is 18.2 Å². The second kappa shape index (κ2) is 7.27. The molecular weight excluding hydrogens is 424 g/mol. The molecule has 3 heterocycles. The molecule has 0 spiro atoms. The van der Waals surface area contributed by atoms with E-state index in [0.717, 1.165) is 20.8 Å². The summed E-state index contributed by atoms with van der Waals surface area (Å²) in [7, 11) is -3.20. The van der Waals surface area contributed by atoms with Gasteiger partial charge in [0, 0.05) is 42.6 Å². The number of hydrogen-bond donors (Lipinski definition) is 4. The minimum Gasteiger partial charge on any atom is -0.473 e. The fraction of sp³-hybridized carbons (Fsp3) is 0.316. The Kier molecular flexibility index (Phi) is 4.66. The number of ether oxygens (including phenoxy) is 1. The predicted octanol–water partition coefficient (Wildman–Crippen LogP) is 1.51. The molecule has 5 rings (SSSR count). The summed E-state index contributed by atoms with van der Waals surface area (Å²) in [5, 5.41) is 11.3. The van der Waals surface area contributed by atoms with Gasteiger partial charge in [-0.2, -0.15) is 17.7 Å². The summed E-state index contributed by atoms with van der Waals surface area (Å²) in [6, 6.07) is 7.06. The van der Waals surface area contributed by atoms with Crippen molar-refractivity contribution < 1.29 is 22.8 Å². The van der Waals surface area contributed by atoms with E-state index in [1.807, 2.05) is 30.5 Å². The van der Waals surface area contributed by atoms with E-state index in [1.165, 1.54) is 13.4 Å². The topological polar surface area (TPSA) is 157 Å². The largest absolute Gasteiger partial charge is 0.473 e. The lowest BCUT2D eigenvalue weighted by Crippen LogP contribution is -2.41. The molecule has 0 aliphatic heterocycles. The number of likely N-dealkylation sites (N-methyl/N-ethyl adjacent to an activating group) is 1. The highest BCUT2D eigenvalue weighted by molar-refractivity contribution is 7.83. The smallest absolute Gasteiger partial charge is 0.335 e. The number of rotatable bonds is 5. The van der Waals surface area contributed by atoms with Gasteiger partial charge >= 0.3 is 10.3 Å². The van der Waals surface area contributed by atoms with Crippen LogP contribution < -0.4 is 4.74 Å². The van der Waals surface area contributed by atoms with Crippen molar-refractivity contribution in [2.45, 2.75) is 31.1 Å². The minimum absolute atomic E-state index is 0.194. The quantitative estimate of drug-likeness (QED) is 0.337. The Labute approximate surface area is 177 Å². The van der Waals surface area contributed by atoms with Gasteiger partial charge in [0.2, 0.25) is 5.88 Å². The van der Waals surface area contributed by atoms with E-state index >= 15 is 0 Å². The molecule has 4 aromatic rings. The van der Waals surface area contributed by atoms with Crippen LogP contribution in [0.1, 0.15) is 12.8 Å². The lowest BCUT2D eigenvalue weighted by Gasteiger charge is -2.22. The SMILES string of the molecule is CN([C@H]1C[C@@H](Oc2ncnc3nc(-c4c[nH]c5ccccc45)[nH]c23)C[C@@H]1O)S(=O)(=O)O. The number of imidazole rings is 1. The molecule has 0 unspecified atom stereocenters. The highest BCUT2D eigenvalue weighted by Gasteiger charge is 2.40. The maximum Gasteiger partial charge on any atom is 0.335 e. The van der Waals surface area contributed by atoms with Gasteiger partial charge < -0.3 is 19.8 Å². The van der Waals surface area contributed by atoms with E-state index < -0.39 is 28.6 Å². The van der Waals surface area contributed by atoms with Crippen molar-refractivity contribution in [3.05, 3.63) is 36.8 Å². The number of nitrogens with one attached hydrogen (secondary N) is 2. The average Bonchev–Trinajstić information content (AvgIpc) is 3.43. The summed E-state index contributed by atoms with van der Waals surface area (Å²) in [6.07, 6.45) is 2.12. The molecule has 1 aliphatic rings. The van der Waals surface area contributed by atoms with Crippen molar-refractivity contribution in [1.82, 2.24) is 29.2 Å². The number of aliphatic hydroxyl groups excluding tert-OH is 1. The number of benzene rings is 1. The van der Waals surface area contributed by atoms with Crippen LogP contribution in [0.4, 0.5) is 0 Å². The first-order chi connectivity index (χ1) is 14.8. The first kappa shape index (κ1) is 19.9. The van der Waals surface area contributed by atoms with Crippen LogP contribution in [0.25, 0.3) is 33.5 Å². The van der Waals surface area contributed by atoms with Gasteiger partial charge in [0.25, 0.3) is 0 Å². The normalized spacial score (nSPS) is 22.0. The molecule has 1 saturated carbocycles. The van der Waals surface area contributed by atoms with Crippen molar-refractivity contribution in [2.75, 3.05) is 7.05 Å². The Morgan fingerprint density at radius 3 is 2.84 bits per heavy atom. The summed E-state index contributed by atoms with van der Waals surface area (Å²) in [5.74, 6) is 0.865. The Morgan fingerprint density at radius 2 is 2.03 bits per heavy atom. The zero-order valence-electron chi connectivity index (χ0n) is 16.4.